The lowest BCUT2D eigenvalue weighted by Gasteiger charge is -2.31. The number of likely N-dealkylation sites (N-methyl/N-ethyl adjacent to an activating group) is 1. The summed E-state index contributed by atoms with van der Waals surface area (Å²) >= 11 is 0. The standard InChI is InChI=1S/C14H26N4O2S/c1-10(13-6-5-7-13)17-21(19,20)14-11(2)16-18(12(14)3)9-8-15-4/h10,13,15,17H,5-9H2,1-4H3. The van der Waals surface area contributed by atoms with Crippen LogP contribution in [0.5, 0.6) is 0 Å². The Morgan fingerprint density at radius 1 is 1.38 bits per heavy atom. The Kier molecular flexibility index (Phi) is 5.06. The lowest BCUT2D eigenvalue weighted by molar-refractivity contribution is 0.260. The van der Waals surface area contributed by atoms with E-state index in [2.05, 4.69) is 15.1 Å². The van der Waals surface area contributed by atoms with Gasteiger partial charge in [0.15, 0.2) is 0 Å². The number of nitrogens with one attached hydrogen (secondary N) is 2. The molecule has 2 N–H and O–H groups in total. The van der Waals surface area contributed by atoms with Crippen LogP contribution in [-0.4, -0.2) is 37.8 Å². The van der Waals surface area contributed by atoms with E-state index in [0.717, 1.165) is 19.4 Å². The van der Waals surface area contributed by atoms with Crippen LogP contribution < -0.4 is 10.0 Å². The molecule has 0 bridgehead atoms. The Labute approximate surface area is 127 Å². The first-order valence-corrected chi connectivity index (χ1v) is 9.06. The first-order valence-electron chi connectivity index (χ1n) is 7.57. The van der Waals surface area contributed by atoms with Crippen LogP contribution in [-0.2, 0) is 16.6 Å². The number of aryl methyl sites for hydroxylation is 1. The number of hydrogen-bond donors (Lipinski definition) is 2. The van der Waals surface area contributed by atoms with E-state index in [1.807, 2.05) is 20.9 Å². The molecule has 1 atom stereocenters. The topological polar surface area (TPSA) is 76.0 Å². The normalized spacial score (nSPS) is 17.7. The molecule has 0 saturated heterocycles. The highest BCUT2D eigenvalue weighted by atomic mass is 32.2. The van der Waals surface area contributed by atoms with E-state index in [0.29, 0.717) is 28.7 Å². The molecule has 1 aromatic heterocycles. The molecule has 1 saturated carbocycles. The van der Waals surface area contributed by atoms with Crippen LogP contribution in [0.3, 0.4) is 0 Å². The summed E-state index contributed by atoms with van der Waals surface area (Å²) in [4.78, 5) is 0.338. The van der Waals surface area contributed by atoms with Crippen molar-refractivity contribution in [3.63, 3.8) is 0 Å². The third-order valence-electron chi connectivity index (χ3n) is 4.36. The minimum Gasteiger partial charge on any atom is -0.318 e. The van der Waals surface area contributed by atoms with Crippen molar-refractivity contribution in [3.8, 4) is 0 Å². The third-order valence-corrected chi connectivity index (χ3v) is 6.17. The molecule has 0 spiro atoms. The summed E-state index contributed by atoms with van der Waals surface area (Å²) in [5.74, 6) is 0.472. The fourth-order valence-electron chi connectivity index (χ4n) is 2.84. The predicted molar refractivity (Wildman–Crippen MR) is 82.8 cm³/mol. The molecule has 1 fully saturated rings. The molecule has 1 aliphatic rings. The average Bonchev–Trinajstić information content (AvgIpc) is 2.58. The Hall–Kier alpha value is -0.920. The van der Waals surface area contributed by atoms with Gasteiger partial charge in [-0.2, -0.15) is 5.10 Å². The second-order valence-electron chi connectivity index (χ2n) is 5.93. The van der Waals surface area contributed by atoms with Gasteiger partial charge in [0.1, 0.15) is 4.90 Å². The van der Waals surface area contributed by atoms with Crippen LogP contribution in [0.4, 0.5) is 0 Å². The van der Waals surface area contributed by atoms with E-state index in [-0.39, 0.29) is 6.04 Å². The van der Waals surface area contributed by atoms with Crippen LogP contribution >= 0.6 is 0 Å². The van der Waals surface area contributed by atoms with E-state index >= 15 is 0 Å². The first-order chi connectivity index (χ1) is 9.86. The molecule has 0 aliphatic heterocycles. The summed E-state index contributed by atoms with van der Waals surface area (Å²) in [6.07, 6.45) is 3.43. The van der Waals surface area contributed by atoms with Gasteiger partial charge >= 0.3 is 0 Å². The number of rotatable bonds is 7. The zero-order valence-electron chi connectivity index (χ0n) is 13.3. The van der Waals surface area contributed by atoms with Gasteiger partial charge in [0.2, 0.25) is 10.0 Å². The lowest BCUT2D eigenvalue weighted by Crippen LogP contribution is -2.40. The maximum absolute atomic E-state index is 12.6. The maximum atomic E-state index is 12.6. The fraction of sp³-hybridized carbons (Fsp3) is 0.786. The van der Waals surface area contributed by atoms with E-state index in [4.69, 9.17) is 0 Å². The molecule has 1 aliphatic carbocycles. The van der Waals surface area contributed by atoms with Crippen LogP contribution in [0.2, 0.25) is 0 Å². The van der Waals surface area contributed by atoms with Gasteiger partial charge in [-0.15, -0.1) is 0 Å². The van der Waals surface area contributed by atoms with Crippen LogP contribution in [0.25, 0.3) is 0 Å². The molecule has 21 heavy (non-hydrogen) atoms. The SMILES string of the molecule is CNCCn1nc(C)c(S(=O)(=O)NC(C)C2CCC2)c1C. The number of aromatic nitrogens is 2. The minimum absolute atomic E-state index is 0.0109. The van der Waals surface area contributed by atoms with Gasteiger partial charge in [0.25, 0.3) is 0 Å². The van der Waals surface area contributed by atoms with Gasteiger partial charge in [-0.3, -0.25) is 4.68 Å². The van der Waals surface area contributed by atoms with Crippen molar-refractivity contribution < 1.29 is 8.42 Å². The third kappa shape index (κ3) is 3.46. The van der Waals surface area contributed by atoms with Gasteiger partial charge in [-0.05, 0) is 46.6 Å². The molecule has 1 unspecified atom stereocenters. The molecular formula is C14H26N4O2S. The molecule has 0 radical (unpaired) electrons. The van der Waals surface area contributed by atoms with Crippen molar-refractivity contribution in [1.29, 1.82) is 0 Å². The van der Waals surface area contributed by atoms with Crippen LogP contribution in [0.15, 0.2) is 4.90 Å². The molecule has 2 rings (SSSR count). The average molecular weight is 314 g/mol. The van der Waals surface area contributed by atoms with Crippen molar-refractivity contribution in [1.82, 2.24) is 19.8 Å². The summed E-state index contributed by atoms with van der Waals surface area (Å²) < 4.78 is 29.9. The second kappa shape index (κ2) is 6.46. The van der Waals surface area contributed by atoms with E-state index in [1.54, 1.807) is 11.6 Å². The van der Waals surface area contributed by atoms with E-state index in [1.165, 1.54) is 6.42 Å². The number of hydrogen-bond acceptors (Lipinski definition) is 4. The minimum atomic E-state index is -3.50. The van der Waals surface area contributed by atoms with E-state index < -0.39 is 10.0 Å². The van der Waals surface area contributed by atoms with Crippen LogP contribution in [0, 0.1) is 19.8 Å². The Morgan fingerprint density at radius 2 is 2.05 bits per heavy atom. The molecule has 0 aromatic carbocycles. The first kappa shape index (κ1) is 16.5. The highest BCUT2D eigenvalue weighted by molar-refractivity contribution is 7.89. The summed E-state index contributed by atoms with van der Waals surface area (Å²) in [5, 5.41) is 7.41. The number of nitrogens with zero attached hydrogens (tertiary/aromatic N) is 2. The quantitative estimate of drug-likeness (QED) is 0.792. The van der Waals surface area contributed by atoms with Crippen molar-refractivity contribution in [2.24, 2.45) is 5.92 Å². The largest absolute Gasteiger partial charge is 0.318 e. The van der Waals surface area contributed by atoms with Crippen molar-refractivity contribution in [3.05, 3.63) is 11.4 Å². The van der Waals surface area contributed by atoms with Crippen molar-refractivity contribution >= 4 is 10.0 Å². The van der Waals surface area contributed by atoms with E-state index in [9.17, 15) is 8.42 Å². The highest BCUT2D eigenvalue weighted by Gasteiger charge is 2.31. The molecule has 0 amide bonds. The number of sulfonamides is 1. The summed E-state index contributed by atoms with van der Waals surface area (Å²) in [5.41, 5.74) is 1.27. The molecule has 7 heteroatoms. The van der Waals surface area contributed by atoms with Crippen molar-refractivity contribution in [2.45, 2.75) is 57.5 Å². The van der Waals surface area contributed by atoms with Crippen LogP contribution in [0.1, 0.15) is 37.6 Å². The zero-order chi connectivity index (χ0) is 15.6. The highest BCUT2D eigenvalue weighted by Crippen LogP contribution is 2.30. The smallest absolute Gasteiger partial charge is 0.244 e. The molecule has 1 heterocycles. The summed E-state index contributed by atoms with van der Waals surface area (Å²) in [6, 6.07) is -0.0109. The fourth-order valence-corrected chi connectivity index (χ4v) is 4.57. The van der Waals surface area contributed by atoms with Gasteiger partial charge < -0.3 is 5.32 Å². The lowest BCUT2D eigenvalue weighted by atomic mass is 9.81. The van der Waals surface area contributed by atoms with Gasteiger partial charge in [0, 0.05) is 12.6 Å². The molecule has 6 nitrogen and oxygen atoms in total. The van der Waals surface area contributed by atoms with Gasteiger partial charge in [0.05, 0.1) is 17.9 Å². The zero-order valence-corrected chi connectivity index (χ0v) is 14.1. The molecule has 120 valence electrons. The predicted octanol–water partition coefficient (Wildman–Crippen LogP) is 1.19. The molecular weight excluding hydrogens is 288 g/mol. The maximum Gasteiger partial charge on any atom is 0.244 e. The summed E-state index contributed by atoms with van der Waals surface area (Å²) in [6.45, 7) is 6.95. The molecule has 1 aromatic rings. The Balaban J connectivity index is 2.20. The Morgan fingerprint density at radius 3 is 2.57 bits per heavy atom. The monoisotopic (exact) mass is 314 g/mol. The summed E-state index contributed by atoms with van der Waals surface area (Å²) in [7, 11) is -1.63. The Bertz CT molecular complexity index is 590. The van der Waals surface area contributed by atoms with Crippen molar-refractivity contribution in [2.75, 3.05) is 13.6 Å². The second-order valence-corrected chi connectivity index (χ2v) is 7.58. The van der Waals surface area contributed by atoms with Gasteiger partial charge in [-0.1, -0.05) is 6.42 Å². The van der Waals surface area contributed by atoms with Gasteiger partial charge in [-0.25, -0.2) is 13.1 Å².